The van der Waals surface area contributed by atoms with Crippen molar-refractivity contribution in [2.45, 2.75) is 17.7 Å². The van der Waals surface area contributed by atoms with E-state index in [1.54, 1.807) is 23.5 Å². The average molecular weight is 497 g/mol. The van der Waals surface area contributed by atoms with Crippen LogP contribution in [0.3, 0.4) is 0 Å². The number of piperidine rings is 1. The van der Waals surface area contributed by atoms with Gasteiger partial charge in [0.05, 0.1) is 23.6 Å². The highest BCUT2D eigenvalue weighted by Gasteiger charge is 2.33. The number of nitrogens with zero attached hydrogens (tertiary/aromatic N) is 3. The summed E-state index contributed by atoms with van der Waals surface area (Å²) < 4.78 is 34.6. The molecule has 0 aliphatic carbocycles. The van der Waals surface area contributed by atoms with Gasteiger partial charge in [0, 0.05) is 42.1 Å². The minimum Gasteiger partial charge on any atom is -0.497 e. The summed E-state index contributed by atoms with van der Waals surface area (Å²) in [6.07, 6.45) is 5.21. The minimum absolute atomic E-state index is 0.156. The Bertz CT molecular complexity index is 1380. The largest absolute Gasteiger partial charge is 0.497 e. The van der Waals surface area contributed by atoms with E-state index < -0.39 is 15.9 Å². The van der Waals surface area contributed by atoms with E-state index in [0.717, 1.165) is 16.2 Å². The number of aromatic nitrogens is 2. The summed E-state index contributed by atoms with van der Waals surface area (Å²) in [5.74, 6) is -0.000121. The Kier molecular flexibility index (Phi) is 6.11. The molecule has 34 heavy (non-hydrogen) atoms. The molecular weight excluding hydrogens is 472 g/mol. The highest BCUT2D eigenvalue weighted by Crippen LogP contribution is 2.27. The number of sulfonamides is 1. The lowest BCUT2D eigenvalue weighted by Gasteiger charge is -2.31. The van der Waals surface area contributed by atoms with Crippen LogP contribution in [0.2, 0.25) is 0 Å². The van der Waals surface area contributed by atoms with Gasteiger partial charge in [-0.05, 0) is 49.2 Å². The van der Waals surface area contributed by atoms with Crippen molar-refractivity contribution >= 4 is 37.9 Å². The molecule has 8 nitrogen and oxygen atoms in total. The van der Waals surface area contributed by atoms with Gasteiger partial charge in [0.15, 0.2) is 4.96 Å². The number of fused-ring (bicyclic) bond motifs is 1. The summed E-state index contributed by atoms with van der Waals surface area (Å²) in [7, 11) is -2.15. The van der Waals surface area contributed by atoms with Crippen molar-refractivity contribution in [3.63, 3.8) is 0 Å². The summed E-state index contributed by atoms with van der Waals surface area (Å²) in [5, 5.41) is 4.92. The number of hydrogen-bond acceptors (Lipinski definition) is 6. The van der Waals surface area contributed by atoms with Crippen LogP contribution in [0.25, 0.3) is 16.2 Å². The van der Waals surface area contributed by atoms with Crippen molar-refractivity contribution in [2.75, 3.05) is 25.5 Å². The van der Waals surface area contributed by atoms with Gasteiger partial charge in [0.1, 0.15) is 5.75 Å². The molecule has 1 aliphatic heterocycles. The van der Waals surface area contributed by atoms with E-state index >= 15 is 0 Å². The molecule has 1 atom stereocenters. The molecule has 10 heteroatoms. The van der Waals surface area contributed by atoms with Crippen molar-refractivity contribution in [1.29, 1.82) is 0 Å². The maximum Gasteiger partial charge on any atom is 0.243 e. The number of imidazole rings is 1. The molecule has 5 rings (SSSR count). The van der Waals surface area contributed by atoms with Crippen LogP contribution in [0, 0.1) is 5.92 Å². The van der Waals surface area contributed by atoms with Crippen LogP contribution in [0.1, 0.15) is 12.8 Å². The summed E-state index contributed by atoms with van der Waals surface area (Å²) in [4.78, 5) is 18.7. The topological polar surface area (TPSA) is 93.0 Å². The molecule has 0 saturated carbocycles. The molecule has 176 valence electrons. The van der Waals surface area contributed by atoms with Crippen molar-refractivity contribution in [2.24, 2.45) is 5.92 Å². The van der Waals surface area contributed by atoms with Crippen molar-refractivity contribution < 1.29 is 17.9 Å². The molecule has 2 aromatic heterocycles. The number of carbonyl (C=O) groups is 1. The predicted octanol–water partition coefficient (Wildman–Crippen LogP) is 4.11. The first-order valence-electron chi connectivity index (χ1n) is 10.9. The monoisotopic (exact) mass is 496 g/mol. The Morgan fingerprint density at radius 2 is 1.91 bits per heavy atom. The Labute approximate surface area is 201 Å². The van der Waals surface area contributed by atoms with Crippen LogP contribution in [0.4, 0.5) is 5.69 Å². The maximum absolute atomic E-state index is 13.1. The van der Waals surface area contributed by atoms with Crippen LogP contribution in [0.5, 0.6) is 5.75 Å². The summed E-state index contributed by atoms with van der Waals surface area (Å²) in [6.45, 7) is 0.554. The molecular formula is C24H24N4O4S2. The number of methoxy groups -OCH3 is 1. The van der Waals surface area contributed by atoms with E-state index in [2.05, 4.69) is 10.3 Å². The fraction of sp³-hybridized carbons (Fsp3) is 0.250. The lowest BCUT2D eigenvalue weighted by atomic mass is 9.98. The normalized spacial score (nSPS) is 17.0. The van der Waals surface area contributed by atoms with Gasteiger partial charge in [-0.1, -0.05) is 12.1 Å². The maximum atomic E-state index is 13.1. The molecule has 0 unspecified atom stereocenters. The predicted molar refractivity (Wildman–Crippen MR) is 132 cm³/mol. The fourth-order valence-electron chi connectivity index (χ4n) is 4.11. The number of nitrogens with one attached hydrogen (secondary N) is 1. The quantitative estimate of drug-likeness (QED) is 0.434. The number of rotatable bonds is 6. The van der Waals surface area contributed by atoms with Crippen LogP contribution in [-0.2, 0) is 14.8 Å². The zero-order valence-corrected chi connectivity index (χ0v) is 20.2. The first-order chi connectivity index (χ1) is 16.4. The lowest BCUT2D eigenvalue weighted by Crippen LogP contribution is -2.43. The molecule has 1 fully saturated rings. The second-order valence-electron chi connectivity index (χ2n) is 8.16. The third kappa shape index (κ3) is 4.44. The smallest absolute Gasteiger partial charge is 0.243 e. The number of anilines is 1. The van der Waals surface area contributed by atoms with Gasteiger partial charge >= 0.3 is 0 Å². The van der Waals surface area contributed by atoms with Crippen molar-refractivity contribution in [3.05, 3.63) is 66.3 Å². The van der Waals surface area contributed by atoms with Crippen LogP contribution >= 0.6 is 11.3 Å². The molecule has 3 heterocycles. The van der Waals surface area contributed by atoms with Crippen molar-refractivity contribution in [3.8, 4) is 17.0 Å². The number of thiazole rings is 1. The zero-order chi connectivity index (χ0) is 23.7. The second-order valence-corrected chi connectivity index (χ2v) is 11.0. The Balaban J connectivity index is 1.25. The van der Waals surface area contributed by atoms with Gasteiger partial charge in [0.25, 0.3) is 0 Å². The molecule has 0 bridgehead atoms. The standard InChI is InChI=1S/C24H24N4O4S2/c1-32-20-8-10-21(11-9-20)34(30,31)28-12-2-3-18(15-28)23(29)25-19-6-4-17(5-7-19)22-16-27-13-14-33-24(27)26-22/h4-11,13-14,16,18H,2-3,12,15H2,1H3,(H,25,29)/t18-/m1/s1. The van der Waals surface area contributed by atoms with Crippen molar-refractivity contribution in [1.82, 2.24) is 13.7 Å². The fourth-order valence-corrected chi connectivity index (χ4v) is 6.33. The average Bonchev–Trinajstić information content (AvgIpc) is 3.47. The summed E-state index contributed by atoms with van der Waals surface area (Å²) in [6, 6.07) is 13.8. The number of carbonyl (C=O) groups excluding carboxylic acids is 1. The number of benzene rings is 2. The van der Waals surface area contributed by atoms with E-state index in [-0.39, 0.29) is 17.3 Å². The molecule has 0 spiro atoms. The third-order valence-corrected chi connectivity index (χ3v) is 8.64. The van der Waals surface area contributed by atoms with E-state index in [1.807, 2.05) is 46.4 Å². The Hall–Kier alpha value is -3.21. The van der Waals surface area contributed by atoms with Crippen LogP contribution in [-0.4, -0.2) is 48.2 Å². The molecule has 1 aliphatic rings. The van der Waals surface area contributed by atoms with Gasteiger partial charge in [-0.2, -0.15) is 4.31 Å². The first-order valence-corrected chi connectivity index (χ1v) is 13.2. The summed E-state index contributed by atoms with van der Waals surface area (Å²) in [5.41, 5.74) is 2.50. The number of amides is 1. The van der Waals surface area contributed by atoms with Gasteiger partial charge in [0.2, 0.25) is 15.9 Å². The molecule has 1 amide bonds. The van der Waals surface area contributed by atoms with E-state index in [9.17, 15) is 13.2 Å². The van der Waals surface area contributed by atoms with E-state index in [0.29, 0.717) is 30.8 Å². The number of ether oxygens (including phenoxy) is 1. The van der Waals surface area contributed by atoms with Gasteiger partial charge in [-0.3, -0.25) is 9.20 Å². The van der Waals surface area contributed by atoms with Gasteiger partial charge < -0.3 is 10.1 Å². The summed E-state index contributed by atoms with van der Waals surface area (Å²) >= 11 is 1.57. The molecule has 4 aromatic rings. The Morgan fingerprint density at radius 1 is 1.15 bits per heavy atom. The highest BCUT2D eigenvalue weighted by molar-refractivity contribution is 7.89. The van der Waals surface area contributed by atoms with E-state index in [1.165, 1.54) is 23.5 Å². The minimum atomic E-state index is -3.68. The molecule has 2 aromatic carbocycles. The zero-order valence-electron chi connectivity index (χ0n) is 18.5. The molecule has 1 N–H and O–H groups in total. The van der Waals surface area contributed by atoms with Crippen LogP contribution in [0.15, 0.2) is 71.2 Å². The second kappa shape index (κ2) is 9.21. The molecule has 0 radical (unpaired) electrons. The van der Waals surface area contributed by atoms with Crippen LogP contribution < -0.4 is 10.1 Å². The van der Waals surface area contributed by atoms with E-state index in [4.69, 9.17) is 4.74 Å². The first kappa shape index (κ1) is 22.6. The Morgan fingerprint density at radius 3 is 2.62 bits per heavy atom. The molecule has 1 saturated heterocycles. The van der Waals surface area contributed by atoms with Gasteiger partial charge in [-0.15, -0.1) is 11.3 Å². The third-order valence-electron chi connectivity index (χ3n) is 5.99. The SMILES string of the molecule is COc1ccc(S(=O)(=O)N2CCC[C@@H](C(=O)Nc3ccc(-c4cn5ccsc5n4)cc3)C2)cc1. The lowest BCUT2D eigenvalue weighted by molar-refractivity contribution is -0.120. The number of hydrogen-bond donors (Lipinski definition) is 1. The highest BCUT2D eigenvalue weighted by atomic mass is 32.2. The van der Waals surface area contributed by atoms with Gasteiger partial charge in [-0.25, -0.2) is 13.4 Å².